The molecule has 0 aromatic heterocycles. The monoisotopic (exact) mass is 173 g/mol. The second-order valence-electron chi connectivity index (χ2n) is 2.30. The van der Waals surface area contributed by atoms with Gasteiger partial charge in [0.2, 0.25) is 0 Å². The van der Waals surface area contributed by atoms with Gasteiger partial charge in [-0.1, -0.05) is 11.8 Å². The first kappa shape index (κ1) is 8.55. The standard InChI is InChI=1S/C6H11N3OS/c1-3(7)4-5(10-4)9-6(8)11-2/h4-5,7H,1-2H3,(H2,8,9). The Balaban J connectivity index is 2.39. The summed E-state index contributed by atoms with van der Waals surface area (Å²) in [4.78, 5) is 4.00. The predicted octanol–water partition coefficient (Wildman–Crippen LogP) is 0.429. The third-order valence-electron chi connectivity index (χ3n) is 1.36. The van der Waals surface area contributed by atoms with Crippen LogP contribution < -0.4 is 5.73 Å². The van der Waals surface area contributed by atoms with Crippen molar-refractivity contribution >= 4 is 22.6 Å². The number of amidine groups is 1. The maximum absolute atomic E-state index is 7.20. The highest BCUT2D eigenvalue weighted by Gasteiger charge is 2.40. The third-order valence-corrected chi connectivity index (χ3v) is 1.88. The Kier molecular flexibility index (Phi) is 2.51. The van der Waals surface area contributed by atoms with Crippen LogP contribution in [-0.4, -0.2) is 29.5 Å². The van der Waals surface area contributed by atoms with Crippen molar-refractivity contribution in [3.8, 4) is 0 Å². The Bertz CT molecular complexity index is 204. The summed E-state index contributed by atoms with van der Waals surface area (Å²) in [7, 11) is 0. The Morgan fingerprint density at radius 1 is 1.73 bits per heavy atom. The van der Waals surface area contributed by atoms with E-state index in [0.29, 0.717) is 10.9 Å². The zero-order valence-corrected chi connectivity index (χ0v) is 7.31. The Hall–Kier alpha value is -0.550. The van der Waals surface area contributed by atoms with E-state index in [-0.39, 0.29) is 12.3 Å². The number of aliphatic imine (C=N–C) groups is 1. The minimum absolute atomic E-state index is 0.124. The highest BCUT2D eigenvalue weighted by molar-refractivity contribution is 8.13. The fourth-order valence-electron chi connectivity index (χ4n) is 0.697. The molecule has 0 amide bonds. The van der Waals surface area contributed by atoms with Crippen LogP contribution in [0.25, 0.3) is 0 Å². The van der Waals surface area contributed by atoms with Gasteiger partial charge in [-0.2, -0.15) is 0 Å². The van der Waals surface area contributed by atoms with E-state index in [9.17, 15) is 0 Å². The van der Waals surface area contributed by atoms with Crippen molar-refractivity contribution in [3.05, 3.63) is 0 Å². The van der Waals surface area contributed by atoms with Gasteiger partial charge in [0.15, 0.2) is 11.4 Å². The molecule has 1 heterocycles. The van der Waals surface area contributed by atoms with E-state index < -0.39 is 0 Å². The molecule has 1 rings (SSSR count). The first-order chi connectivity index (χ1) is 5.15. The minimum atomic E-state index is -0.194. The lowest BCUT2D eigenvalue weighted by Crippen LogP contribution is -2.09. The smallest absolute Gasteiger partial charge is 0.183 e. The summed E-state index contributed by atoms with van der Waals surface area (Å²) < 4.78 is 5.05. The molecule has 1 aliphatic rings. The van der Waals surface area contributed by atoms with Crippen LogP contribution in [0, 0.1) is 5.41 Å². The number of rotatable bonds is 2. The Labute approximate surface area is 69.7 Å². The molecular weight excluding hydrogens is 162 g/mol. The van der Waals surface area contributed by atoms with Gasteiger partial charge in [0.1, 0.15) is 6.10 Å². The molecule has 1 aliphatic heterocycles. The molecule has 0 radical (unpaired) electrons. The molecule has 1 saturated heterocycles. The number of ether oxygens (including phenoxy) is 1. The highest BCUT2D eigenvalue weighted by atomic mass is 32.2. The summed E-state index contributed by atoms with van der Waals surface area (Å²) >= 11 is 1.38. The molecule has 0 aromatic carbocycles. The second kappa shape index (κ2) is 3.23. The molecule has 3 N–H and O–H groups in total. The average molecular weight is 173 g/mol. The molecule has 1 fully saturated rings. The largest absolute Gasteiger partial charge is 0.378 e. The van der Waals surface area contributed by atoms with Crippen molar-refractivity contribution < 1.29 is 4.74 Å². The SMILES string of the molecule is CSC(N)=NC1OC1C(C)=N. The van der Waals surface area contributed by atoms with Gasteiger partial charge in [-0.05, 0) is 13.2 Å². The van der Waals surface area contributed by atoms with Crippen LogP contribution in [0.15, 0.2) is 4.99 Å². The number of thioether (sulfide) groups is 1. The van der Waals surface area contributed by atoms with Crippen molar-refractivity contribution in [2.75, 3.05) is 6.26 Å². The molecule has 11 heavy (non-hydrogen) atoms. The van der Waals surface area contributed by atoms with Crippen molar-refractivity contribution in [2.45, 2.75) is 19.3 Å². The van der Waals surface area contributed by atoms with Crippen LogP contribution in [0.4, 0.5) is 0 Å². The topological polar surface area (TPSA) is 74.8 Å². The Morgan fingerprint density at radius 3 is 2.73 bits per heavy atom. The highest BCUT2D eigenvalue weighted by Crippen LogP contribution is 2.24. The summed E-state index contributed by atoms with van der Waals surface area (Å²) in [5.74, 6) is 0. The van der Waals surface area contributed by atoms with Gasteiger partial charge in [-0.3, -0.25) is 0 Å². The molecule has 5 heteroatoms. The molecule has 0 aromatic rings. The van der Waals surface area contributed by atoms with E-state index in [1.165, 1.54) is 11.8 Å². The number of hydrogen-bond donors (Lipinski definition) is 2. The summed E-state index contributed by atoms with van der Waals surface area (Å²) in [6, 6.07) is 0. The number of epoxide rings is 1. The first-order valence-electron chi connectivity index (χ1n) is 3.23. The normalized spacial score (nSPS) is 30.2. The van der Waals surface area contributed by atoms with E-state index in [1.54, 1.807) is 6.92 Å². The van der Waals surface area contributed by atoms with Gasteiger partial charge >= 0.3 is 0 Å². The lowest BCUT2D eigenvalue weighted by molar-refractivity contribution is 0.400. The van der Waals surface area contributed by atoms with Gasteiger partial charge in [0.05, 0.1) is 0 Å². The fraction of sp³-hybridized carbons (Fsp3) is 0.667. The molecular formula is C6H11N3OS. The third kappa shape index (κ3) is 2.20. The fourth-order valence-corrected chi connectivity index (χ4v) is 0.906. The maximum atomic E-state index is 7.20. The lowest BCUT2D eigenvalue weighted by atomic mass is 10.3. The van der Waals surface area contributed by atoms with Gasteiger partial charge in [-0.25, -0.2) is 4.99 Å². The summed E-state index contributed by atoms with van der Waals surface area (Å²) in [5, 5.41) is 7.71. The zero-order chi connectivity index (χ0) is 8.43. The van der Waals surface area contributed by atoms with E-state index in [4.69, 9.17) is 15.9 Å². The molecule has 62 valence electrons. The maximum Gasteiger partial charge on any atom is 0.183 e. The van der Waals surface area contributed by atoms with Crippen LogP contribution >= 0.6 is 11.8 Å². The van der Waals surface area contributed by atoms with E-state index in [1.807, 2.05) is 6.26 Å². The molecule has 2 atom stereocenters. The minimum Gasteiger partial charge on any atom is -0.378 e. The van der Waals surface area contributed by atoms with Crippen molar-refractivity contribution in [1.29, 1.82) is 5.41 Å². The number of nitrogens with one attached hydrogen (secondary N) is 1. The van der Waals surface area contributed by atoms with Gasteiger partial charge in [-0.15, -0.1) is 0 Å². The zero-order valence-electron chi connectivity index (χ0n) is 6.50. The number of nitrogens with two attached hydrogens (primary N) is 1. The van der Waals surface area contributed by atoms with Crippen LogP contribution in [0.2, 0.25) is 0 Å². The second-order valence-corrected chi connectivity index (χ2v) is 3.13. The molecule has 0 aliphatic carbocycles. The van der Waals surface area contributed by atoms with Gasteiger partial charge < -0.3 is 15.9 Å². The van der Waals surface area contributed by atoms with Crippen molar-refractivity contribution in [2.24, 2.45) is 10.7 Å². The van der Waals surface area contributed by atoms with Crippen LogP contribution in [0.5, 0.6) is 0 Å². The molecule has 0 saturated carbocycles. The molecule has 0 bridgehead atoms. The van der Waals surface area contributed by atoms with Crippen LogP contribution in [-0.2, 0) is 4.74 Å². The van der Waals surface area contributed by atoms with E-state index >= 15 is 0 Å². The van der Waals surface area contributed by atoms with Crippen LogP contribution in [0.1, 0.15) is 6.92 Å². The van der Waals surface area contributed by atoms with Gasteiger partial charge in [0.25, 0.3) is 0 Å². The lowest BCUT2D eigenvalue weighted by Gasteiger charge is -1.90. The van der Waals surface area contributed by atoms with Crippen molar-refractivity contribution in [1.82, 2.24) is 0 Å². The quantitative estimate of drug-likeness (QED) is 0.361. The molecule has 2 unspecified atom stereocenters. The predicted molar refractivity (Wildman–Crippen MR) is 47.2 cm³/mol. The summed E-state index contributed by atoms with van der Waals surface area (Å²) in [6.07, 6.45) is 1.54. The number of nitrogens with zero attached hydrogens (tertiary/aromatic N) is 1. The van der Waals surface area contributed by atoms with E-state index in [0.717, 1.165) is 0 Å². The summed E-state index contributed by atoms with van der Waals surface area (Å²) in [5.41, 5.74) is 5.95. The average Bonchev–Trinajstić information content (AvgIpc) is 2.67. The summed E-state index contributed by atoms with van der Waals surface area (Å²) in [6.45, 7) is 1.70. The van der Waals surface area contributed by atoms with E-state index in [2.05, 4.69) is 4.99 Å². The van der Waals surface area contributed by atoms with Crippen LogP contribution in [0.3, 0.4) is 0 Å². The molecule has 0 spiro atoms. The first-order valence-corrected chi connectivity index (χ1v) is 4.45. The Morgan fingerprint density at radius 2 is 2.36 bits per heavy atom. The van der Waals surface area contributed by atoms with Crippen molar-refractivity contribution in [3.63, 3.8) is 0 Å². The molecule has 4 nitrogen and oxygen atoms in total. The van der Waals surface area contributed by atoms with Gasteiger partial charge in [0, 0.05) is 5.71 Å². The number of hydrogen-bond acceptors (Lipinski definition) is 4.